The third-order valence-corrected chi connectivity index (χ3v) is 3.37. The van der Waals surface area contributed by atoms with E-state index < -0.39 is 0 Å². The van der Waals surface area contributed by atoms with Crippen LogP contribution in [0.4, 0.5) is 5.69 Å². The lowest BCUT2D eigenvalue weighted by Gasteiger charge is -2.06. The predicted octanol–water partition coefficient (Wildman–Crippen LogP) is 3.38. The summed E-state index contributed by atoms with van der Waals surface area (Å²) in [5.41, 5.74) is 2.00. The fourth-order valence-corrected chi connectivity index (χ4v) is 2.30. The molecule has 2 aromatic rings. The quantitative estimate of drug-likeness (QED) is 0.915. The number of hydrogen-bond acceptors (Lipinski definition) is 3. The van der Waals surface area contributed by atoms with Crippen molar-refractivity contribution in [3.8, 4) is 11.5 Å². The Labute approximate surface area is 123 Å². The Kier molecular flexibility index (Phi) is 4.05. The molecule has 21 heavy (non-hydrogen) atoms. The van der Waals surface area contributed by atoms with Crippen LogP contribution in [0.2, 0.25) is 0 Å². The Morgan fingerprint density at radius 3 is 2.71 bits per heavy atom. The monoisotopic (exact) mass is 283 g/mol. The minimum atomic E-state index is 0.0183. The van der Waals surface area contributed by atoms with Crippen LogP contribution in [-0.4, -0.2) is 12.7 Å². The molecule has 4 heteroatoms. The second kappa shape index (κ2) is 6.31. The molecule has 0 aliphatic carbocycles. The highest BCUT2D eigenvalue weighted by Crippen LogP contribution is 2.34. The topological polar surface area (TPSA) is 47.6 Å². The highest BCUT2D eigenvalue weighted by Gasteiger charge is 2.13. The Bertz CT molecular complexity index is 625. The minimum Gasteiger partial charge on any atom is -0.454 e. The molecule has 0 saturated heterocycles. The summed E-state index contributed by atoms with van der Waals surface area (Å²) in [4.78, 5) is 11.9. The van der Waals surface area contributed by atoms with Crippen molar-refractivity contribution in [2.45, 2.75) is 19.3 Å². The normalized spacial score (nSPS) is 12.2. The maximum atomic E-state index is 11.9. The smallest absolute Gasteiger partial charge is 0.231 e. The Hall–Kier alpha value is -2.49. The zero-order chi connectivity index (χ0) is 14.5. The molecule has 0 unspecified atom stereocenters. The van der Waals surface area contributed by atoms with Gasteiger partial charge in [0.15, 0.2) is 11.5 Å². The van der Waals surface area contributed by atoms with Crippen LogP contribution < -0.4 is 14.8 Å². The van der Waals surface area contributed by atoms with E-state index in [1.54, 1.807) is 6.07 Å². The summed E-state index contributed by atoms with van der Waals surface area (Å²) in [6.45, 7) is 0.240. The van der Waals surface area contributed by atoms with Crippen molar-refractivity contribution < 1.29 is 14.3 Å². The zero-order valence-electron chi connectivity index (χ0n) is 11.7. The summed E-state index contributed by atoms with van der Waals surface area (Å²) < 4.78 is 10.5. The third-order valence-electron chi connectivity index (χ3n) is 3.37. The molecular formula is C17H17NO3. The molecule has 2 aromatic carbocycles. The van der Waals surface area contributed by atoms with E-state index in [1.807, 2.05) is 30.3 Å². The number of carbonyl (C=O) groups is 1. The SMILES string of the molecule is O=C(CCCc1ccccc1)Nc1ccc2c(c1)OCO2. The van der Waals surface area contributed by atoms with E-state index in [0.717, 1.165) is 24.3 Å². The number of rotatable bonds is 5. The van der Waals surface area contributed by atoms with Crippen molar-refractivity contribution in [3.63, 3.8) is 0 Å². The number of nitrogens with one attached hydrogen (secondary N) is 1. The van der Waals surface area contributed by atoms with Gasteiger partial charge in [0, 0.05) is 18.2 Å². The van der Waals surface area contributed by atoms with Gasteiger partial charge < -0.3 is 14.8 Å². The van der Waals surface area contributed by atoms with Crippen molar-refractivity contribution in [2.75, 3.05) is 12.1 Å². The molecule has 0 spiro atoms. The van der Waals surface area contributed by atoms with Gasteiger partial charge in [0.1, 0.15) is 0 Å². The van der Waals surface area contributed by atoms with Crippen LogP contribution in [0, 0.1) is 0 Å². The number of anilines is 1. The van der Waals surface area contributed by atoms with Gasteiger partial charge in [-0.3, -0.25) is 4.79 Å². The van der Waals surface area contributed by atoms with Gasteiger partial charge in [-0.1, -0.05) is 30.3 Å². The van der Waals surface area contributed by atoms with Gasteiger partial charge in [-0.15, -0.1) is 0 Å². The van der Waals surface area contributed by atoms with E-state index in [9.17, 15) is 4.79 Å². The zero-order valence-corrected chi connectivity index (χ0v) is 11.7. The first kappa shape index (κ1) is 13.5. The number of fused-ring (bicyclic) bond motifs is 1. The molecule has 0 fully saturated rings. The summed E-state index contributed by atoms with van der Waals surface area (Å²) in [5.74, 6) is 1.42. The van der Waals surface area contributed by atoms with Crippen LogP contribution in [0.1, 0.15) is 18.4 Å². The van der Waals surface area contributed by atoms with Gasteiger partial charge in [-0.25, -0.2) is 0 Å². The molecular weight excluding hydrogens is 266 g/mol. The van der Waals surface area contributed by atoms with Crippen LogP contribution in [0.5, 0.6) is 11.5 Å². The summed E-state index contributed by atoms with van der Waals surface area (Å²) in [6, 6.07) is 15.6. The van der Waals surface area contributed by atoms with Crippen molar-refractivity contribution in [1.29, 1.82) is 0 Å². The van der Waals surface area contributed by atoms with Crippen LogP contribution in [-0.2, 0) is 11.2 Å². The van der Waals surface area contributed by atoms with Gasteiger partial charge in [-0.05, 0) is 30.5 Å². The van der Waals surface area contributed by atoms with E-state index >= 15 is 0 Å². The maximum absolute atomic E-state index is 11.9. The summed E-state index contributed by atoms with van der Waals surface area (Å²) in [6.07, 6.45) is 2.25. The number of ether oxygens (including phenoxy) is 2. The van der Waals surface area contributed by atoms with E-state index in [4.69, 9.17) is 9.47 Å². The molecule has 108 valence electrons. The van der Waals surface area contributed by atoms with Crippen molar-refractivity contribution >= 4 is 11.6 Å². The summed E-state index contributed by atoms with van der Waals surface area (Å²) in [5, 5.41) is 2.88. The highest BCUT2D eigenvalue weighted by molar-refractivity contribution is 5.91. The molecule has 3 rings (SSSR count). The second-order valence-electron chi connectivity index (χ2n) is 4.96. The van der Waals surface area contributed by atoms with Crippen molar-refractivity contribution in [2.24, 2.45) is 0 Å². The first-order valence-electron chi connectivity index (χ1n) is 7.05. The Morgan fingerprint density at radius 1 is 1.05 bits per heavy atom. The van der Waals surface area contributed by atoms with Crippen LogP contribution >= 0.6 is 0 Å². The Balaban J connectivity index is 1.48. The number of amides is 1. The van der Waals surface area contributed by atoms with Gasteiger partial charge in [0.25, 0.3) is 0 Å². The largest absolute Gasteiger partial charge is 0.454 e. The first-order valence-corrected chi connectivity index (χ1v) is 7.05. The van der Waals surface area contributed by atoms with Crippen molar-refractivity contribution in [3.05, 3.63) is 54.1 Å². The predicted molar refractivity (Wildman–Crippen MR) is 80.6 cm³/mol. The lowest BCUT2D eigenvalue weighted by atomic mass is 10.1. The fourth-order valence-electron chi connectivity index (χ4n) is 2.30. The summed E-state index contributed by atoms with van der Waals surface area (Å²) >= 11 is 0. The molecule has 0 radical (unpaired) electrons. The average Bonchev–Trinajstić information content (AvgIpc) is 2.96. The van der Waals surface area contributed by atoms with Gasteiger partial charge in [-0.2, -0.15) is 0 Å². The van der Waals surface area contributed by atoms with Gasteiger partial charge in [0.2, 0.25) is 12.7 Å². The molecule has 1 heterocycles. The molecule has 1 aliphatic heterocycles. The standard InChI is InChI=1S/C17H17NO3/c19-17(8-4-7-13-5-2-1-3-6-13)18-14-9-10-15-16(11-14)21-12-20-15/h1-3,5-6,9-11H,4,7-8,12H2,(H,18,19). The molecule has 1 aliphatic rings. The molecule has 1 N–H and O–H groups in total. The third kappa shape index (κ3) is 3.54. The van der Waals surface area contributed by atoms with Crippen molar-refractivity contribution in [1.82, 2.24) is 0 Å². The minimum absolute atomic E-state index is 0.0183. The molecule has 4 nitrogen and oxygen atoms in total. The van der Waals surface area contributed by atoms with E-state index in [2.05, 4.69) is 17.4 Å². The number of aryl methyl sites for hydroxylation is 1. The maximum Gasteiger partial charge on any atom is 0.231 e. The fraction of sp³-hybridized carbons (Fsp3) is 0.235. The molecule has 0 aromatic heterocycles. The van der Waals surface area contributed by atoms with E-state index in [0.29, 0.717) is 12.2 Å². The average molecular weight is 283 g/mol. The highest BCUT2D eigenvalue weighted by atomic mass is 16.7. The van der Waals surface area contributed by atoms with E-state index in [-0.39, 0.29) is 12.7 Å². The summed E-state index contributed by atoms with van der Waals surface area (Å²) in [7, 11) is 0. The van der Waals surface area contributed by atoms with Crippen LogP contribution in [0.15, 0.2) is 48.5 Å². The van der Waals surface area contributed by atoms with Crippen LogP contribution in [0.3, 0.4) is 0 Å². The Morgan fingerprint density at radius 2 is 1.86 bits per heavy atom. The molecule has 0 saturated carbocycles. The lowest BCUT2D eigenvalue weighted by molar-refractivity contribution is -0.116. The molecule has 0 atom stereocenters. The van der Waals surface area contributed by atoms with Gasteiger partial charge >= 0.3 is 0 Å². The van der Waals surface area contributed by atoms with E-state index in [1.165, 1.54) is 5.56 Å². The van der Waals surface area contributed by atoms with Crippen LogP contribution in [0.25, 0.3) is 0 Å². The molecule has 1 amide bonds. The van der Waals surface area contributed by atoms with Gasteiger partial charge in [0.05, 0.1) is 0 Å². The molecule has 0 bridgehead atoms. The number of hydrogen-bond donors (Lipinski definition) is 1. The number of benzene rings is 2. The lowest BCUT2D eigenvalue weighted by Crippen LogP contribution is -2.11. The number of carbonyl (C=O) groups excluding carboxylic acids is 1. The second-order valence-corrected chi connectivity index (χ2v) is 4.96. The first-order chi connectivity index (χ1) is 10.3.